The molecule has 0 aliphatic heterocycles. The first-order valence-electron chi connectivity index (χ1n) is 6.36. The molecule has 19 heavy (non-hydrogen) atoms. The zero-order chi connectivity index (χ0) is 13.8. The second-order valence-corrected chi connectivity index (χ2v) is 4.55. The molecule has 1 aliphatic rings. The summed E-state index contributed by atoms with van der Waals surface area (Å²) in [5, 5.41) is 0. The van der Waals surface area contributed by atoms with Crippen LogP contribution in [0.5, 0.6) is 0 Å². The lowest BCUT2D eigenvalue weighted by Crippen LogP contribution is -2.28. The third-order valence-electron chi connectivity index (χ3n) is 3.20. The van der Waals surface area contributed by atoms with Gasteiger partial charge in [-0.1, -0.05) is 30.9 Å². The first kappa shape index (κ1) is 13.3. The van der Waals surface area contributed by atoms with E-state index < -0.39 is 0 Å². The molecule has 98 valence electrons. The fourth-order valence-corrected chi connectivity index (χ4v) is 2.23. The minimum atomic E-state index is -0.0684. The van der Waals surface area contributed by atoms with Gasteiger partial charge in [0.25, 0.3) is 5.56 Å². The van der Waals surface area contributed by atoms with E-state index in [2.05, 4.69) is 17.6 Å². The molecular weight excluding hydrogens is 236 g/mol. The van der Waals surface area contributed by atoms with E-state index in [1.54, 1.807) is 17.7 Å². The maximum atomic E-state index is 12.0. The molecule has 1 aromatic heterocycles. The minimum absolute atomic E-state index is 0.0684. The maximum Gasteiger partial charge on any atom is 0.256 e. The van der Waals surface area contributed by atoms with Crippen molar-refractivity contribution in [1.29, 1.82) is 0 Å². The standard InChI is InChI=1S/C16H18N2O/c1-4-13-7-5-6-8-14(13)16(17-3)18-11-12(2)9-10-15(18)19/h4,6,8-11H,1,5,7H2,2-3H3. The third kappa shape index (κ3) is 2.65. The number of aromatic nitrogens is 1. The summed E-state index contributed by atoms with van der Waals surface area (Å²) in [6.45, 7) is 5.81. The molecule has 3 nitrogen and oxygen atoms in total. The highest BCUT2D eigenvalue weighted by Crippen LogP contribution is 2.21. The Morgan fingerprint density at radius 1 is 1.47 bits per heavy atom. The number of aryl methyl sites for hydroxylation is 1. The Labute approximate surface area is 113 Å². The maximum absolute atomic E-state index is 12.0. The van der Waals surface area contributed by atoms with Crippen LogP contribution in [0, 0.1) is 6.92 Å². The van der Waals surface area contributed by atoms with Crippen molar-refractivity contribution in [1.82, 2.24) is 4.57 Å². The molecule has 0 N–H and O–H groups in total. The van der Waals surface area contributed by atoms with Gasteiger partial charge in [0.15, 0.2) is 0 Å². The Balaban J connectivity index is 2.61. The van der Waals surface area contributed by atoms with Gasteiger partial charge in [0.1, 0.15) is 5.84 Å². The van der Waals surface area contributed by atoms with Crippen LogP contribution in [-0.2, 0) is 0 Å². The molecule has 0 unspecified atom stereocenters. The summed E-state index contributed by atoms with van der Waals surface area (Å²) in [5.41, 5.74) is 3.08. The molecule has 3 heteroatoms. The van der Waals surface area contributed by atoms with Gasteiger partial charge in [-0.25, -0.2) is 0 Å². The predicted octanol–water partition coefficient (Wildman–Crippen LogP) is 2.87. The summed E-state index contributed by atoms with van der Waals surface area (Å²) in [6.07, 6.45) is 9.75. The summed E-state index contributed by atoms with van der Waals surface area (Å²) in [6, 6.07) is 3.38. The van der Waals surface area contributed by atoms with Gasteiger partial charge in [-0.3, -0.25) is 14.4 Å². The van der Waals surface area contributed by atoms with Gasteiger partial charge in [-0.2, -0.15) is 0 Å². The molecule has 0 amide bonds. The minimum Gasteiger partial charge on any atom is -0.271 e. The highest BCUT2D eigenvalue weighted by Gasteiger charge is 2.14. The summed E-state index contributed by atoms with van der Waals surface area (Å²) in [4.78, 5) is 16.3. The van der Waals surface area contributed by atoms with E-state index in [1.807, 2.05) is 31.3 Å². The van der Waals surface area contributed by atoms with E-state index in [0.717, 1.165) is 29.6 Å². The van der Waals surface area contributed by atoms with Crippen molar-refractivity contribution in [3.8, 4) is 0 Å². The third-order valence-corrected chi connectivity index (χ3v) is 3.20. The van der Waals surface area contributed by atoms with Crippen LogP contribution < -0.4 is 5.56 Å². The number of nitrogens with zero attached hydrogens (tertiary/aromatic N) is 2. The molecule has 0 saturated carbocycles. The molecule has 0 bridgehead atoms. The number of rotatable bonds is 2. The van der Waals surface area contributed by atoms with Gasteiger partial charge in [0.2, 0.25) is 0 Å². The van der Waals surface area contributed by atoms with Crippen LogP contribution in [0.1, 0.15) is 18.4 Å². The van der Waals surface area contributed by atoms with E-state index in [1.165, 1.54) is 0 Å². The summed E-state index contributed by atoms with van der Waals surface area (Å²) >= 11 is 0. The molecular formula is C16H18N2O. The van der Waals surface area contributed by atoms with Crippen LogP contribution in [0.25, 0.3) is 0 Å². The van der Waals surface area contributed by atoms with Gasteiger partial charge >= 0.3 is 0 Å². The topological polar surface area (TPSA) is 34.4 Å². The lowest BCUT2D eigenvalue weighted by molar-refractivity contribution is 0.965. The number of aliphatic imine (C=N–C) groups is 1. The first-order valence-corrected chi connectivity index (χ1v) is 6.36. The largest absolute Gasteiger partial charge is 0.271 e. The van der Waals surface area contributed by atoms with Crippen LogP contribution in [0.3, 0.4) is 0 Å². The summed E-state index contributed by atoms with van der Waals surface area (Å²) < 4.78 is 1.60. The Morgan fingerprint density at radius 2 is 2.26 bits per heavy atom. The smallest absolute Gasteiger partial charge is 0.256 e. The second kappa shape index (κ2) is 5.65. The van der Waals surface area contributed by atoms with Crippen molar-refractivity contribution in [3.05, 3.63) is 70.2 Å². The van der Waals surface area contributed by atoms with Crippen molar-refractivity contribution in [2.75, 3.05) is 7.05 Å². The zero-order valence-electron chi connectivity index (χ0n) is 11.4. The molecule has 0 spiro atoms. The van der Waals surface area contributed by atoms with Gasteiger partial charge in [-0.05, 0) is 30.9 Å². The van der Waals surface area contributed by atoms with Crippen LogP contribution in [0.2, 0.25) is 0 Å². The molecule has 0 saturated heterocycles. The lowest BCUT2D eigenvalue weighted by Gasteiger charge is -2.16. The zero-order valence-corrected chi connectivity index (χ0v) is 11.4. The van der Waals surface area contributed by atoms with Crippen molar-refractivity contribution in [2.24, 2.45) is 4.99 Å². The fraction of sp³-hybridized carbons (Fsp3) is 0.250. The highest BCUT2D eigenvalue weighted by molar-refractivity contribution is 6.03. The van der Waals surface area contributed by atoms with Gasteiger partial charge in [-0.15, -0.1) is 0 Å². The van der Waals surface area contributed by atoms with Crippen molar-refractivity contribution >= 4 is 5.84 Å². The fourth-order valence-electron chi connectivity index (χ4n) is 2.23. The Hall–Kier alpha value is -2.16. The van der Waals surface area contributed by atoms with E-state index >= 15 is 0 Å². The monoisotopic (exact) mass is 254 g/mol. The average molecular weight is 254 g/mol. The number of allylic oxidation sites excluding steroid dienone is 5. The average Bonchev–Trinajstić information content (AvgIpc) is 2.44. The van der Waals surface area contributed by atoms with Gasteiger partial charge < -0.3 is 0 Å². The Kier molecular flexibility index (Phi) is 3.95. The van der Waals surface area contributed by atoms with E-state index in [9.17, 15) is 4.79 Å². The van der Waals surface area contributed by atoms with Crippen LogP contribution in [0.15, 0.2) is 64.1 Å². The molecule has 1 aromatic rings. The van der Waals surface area contributed by atoms with Crippen LogP contribution in [0.4, 0.5) is 0 Å². The Bertz CT molecular complexity index is 645. The van der Waals surface area contributed by atoms with E-state index in [-0.39, 0.29) is 5.56 Å². The SMILES string of the molecule is C=CC1=C(C(=NC)n2cc(C)ccc2=O)C=CCC1. The molecule has 2 rings (SSSR count). The summed E-state index contributed by atoms with van der Waals surface area (Å²) in [5.74, 6) is 0.680. The quantitative estimate of drug-likeness (QED) is 0.590. The molecule has 0 radical (unpaired) electrons. The Morgan fingerprint density at radius 3 is 2.95 bits per heavy atom. The predicted molar refractivity (Wildman–Crippen MR) is 79.8 cm³/mol. The molecule has 1 heterocycles. The van der Waals surface area contributed by atoms with Gasteiger partial charge in [0, 0.05) is 24.9 Å². The molecule has 1 aliphatic carbocycles. The number of hydrogen-bond acceptors (Lipinski definition) is 2. The van der Waals surface area contributed by atoms with Crippen LogP contribution >= 0.6 is 0 Å². The lowest BCUT2D eigenvalue weighted by atomic mass is 9.96. The first-order chi connectivity index (χ1) is 9.17. The van der Waals surface area contributed by atoms with Crippen LogP contribution in [-0.4, -0.2) is 17.5 Å². The second-order valence-electron chi connectivity index (χ2n) is 4.55. The van der Waals surface area contributed by atoms with Crippen molar-refractivity contribution < 1.29 is 0 Å². The van der Waals surface area contributed by atoms with E-state index in [4.69, 9.17) is 0 Å². The van der Waals surface area contributed by atoms with E-state index in [0.29, 0.717) is 5.84 Å². The molecule has 0 aromatic carbocycles. The van der Waals surface area contributed by atoms with Gasteiger partial charge in [0.05, 0.1) is 0 Å². The van der Waals surface area contributed by atoms with Crippen molar-refractivity contribution in [3.63, 3.8) is 0 Å². The normalized spacial score (nSPS) is 15.8. The molecule has 0 atom stereocenters. The highest BCUT2D eigenvalue weighted by atomic mass is 16.1. The summed E-state index contributed by atoms with van der Waals surface area (Å²) in [7, 11) is 1.71. The van der Waals surface area contributed by atoms with Crippen molar-refractivity contribution in [2.45, 2.75) is 19.8 Å². The molecule has 0 fully saturated rings. The number of hydrogen-bond donors (Lipinski definition) is 0. The number of pyridine rings is 1.